The summed E-state index contributed by atoms with van der Waals surface area (Å²) in [4.78, 5) is 29.4. The molecule has 0 heterocycles. The molecular formula is C34H36FN3O4S. The molecule has 9 heteroatoms. The van der Waals surface area contributed by atoms with Gasteiger partial charge in [0.05, 0.1) is 10.6 Å². The van der Waals surface area contributed by atoms with Crippen LogP contribution in [0.4, 0.5) is 10.1 Å². The standard InChI is InChI=1S/C34H36FN3O4S/c1-2-3-23-36-34(40)32(24-27-13-7-4-8-14-27)37(25-28-19-21-29(35)22-20-28)33(39)26-38(30-15-9-5-10-16-30)43(41,42)31-17-11-6-12-18-31/h4-22,32H,2-3,23-26H2,1H3,(H,36,40)/t32-/m0/s1. The molecule has 0 bridgehead atoms. The van der Waals surface area contributed by atoms with E-state index in [-0.39, 0.29) is 23.8 Å². The largest absolute Gasteiger partial charge is 0.354 e. The summed E-state index contributed by atoms with van der Waals surface area (Å²) < 4.78 is 42.6. The second-order valence-electron chi connectivity index (χ2n) is 10.2. The van der Waals surface area contributed by atoms with Crippen molar-refractivity contribution in [3.05, 3.63) is 132 Å². The third-order valence-corrected chi connectivity index (χ3v) is 8.81. The fourth-order valence-electron chi connectivity index (χ4n) is 4.69. The van der Waals surface area contributed by atoms with E-state index in [1.165, 1.54) is 29.2 Å². The van der Waals surface area contributed by atoms with Crippen molar-refractivity contribution in [3.8, 4) is 0 Å². The Hall–Kier alpha value is -4.50. The predicted octanol–water partition coefficient (Wildman–Crippen LogP) is 5.58. The van der Waals surface area contributed by atoms with Crippen LogP contribution in [0.1, 0.15) is 30.9 Å². The van der Waals surface area contributed by atoms with E-state index in [2.05, 4.69) is 5.32 Å². The molecule has 4 aromatic carbocycles. The first-order valence-electron chi connectivity index (χ1n) is 14.3. The Balaban J connectivity index is 1.76. The van der Waals surface area contributed by atoms with Gasteiger partial charge in [-0.1, -0.05) is 92.2 Å². The molecule has 0 aliphatic rings. The van der Waals surface area contributed by atoms with Gasteiger partial charge >= 0.3 is 0 Å². The highest BCUT2D eigenvalue weighted by atomic mass is 32.2. The van der Waals surface area contributed by atoms with Crippen LogP contribution in [0.3, 0.4) is 0 Å². The summed E-state index contributed by atoms with van der Waals surface area (Å²) in [5, 5.41) is 2.95. The van der Waals surface area contributed by atoms with Crippen molar-refractivity contribution in [3.63, 3.8) is 0 Å². The molecule has 0 saturated carbocycles. The molecular weight excluding hydrogens is 565 g/mol. The number of unbranched alkanes of at least 4 members (excludes halogenated alkanes) is 1. The molecule has 0 fully saturated rings. The summed E-state index contributed by atoms with van der Waals surface area (Å²) in [5.74, 6) is -1.34. The summed E-state index contributed by atoms with van der Waals surface area (Å²) in [5.41, 5.74) is 1.76. The SMILES string of the molecule is CCCCNC(=O)[C@H](Cc1ccccc1)N(Cc1ccc(F)cc1)C(=O)CN(c1ccccc1)S(=O)(=O)c1ccccc1. The number of carbonyl (C=O) groups is 2. The average molecular weight is 602 g/mol. The van der Waals surface area contributed by atoms with Crippen LogP contribution in [0, 0.1) is 5.82 Å². The lowest BCUT2D eigenvalue weighted by Crippen LogP contribution is -2.53. The molecule has 4 aromatic rings. The number of rotatable bonds is 14. The fraction of sp³-hybridized carbons (Fsp3) is 0.235. The zero-order chi connectivity index (χ0) is 30.7. The summed E-state index contributed by atoms with van der Waals surface area (Å²) in [6.45, 7) is 1.89. The van der Waals surface area contributed by atoms with E-state index in [9.17, 15) is 22.4 Å². The van der Waals surface area contributed by atoms with E-state index in [4.69, 9.17) is 0 Å². The molecule has 0 radical (unpaired) electrons. The van der Waals surface area contributed by atoms with Gasteiger partial charge in [-0.3, -0.25) is 13.9 Å². The third kappa shape index (κ3) is 8.51. The average Bonchev–Trinajstić information content (AvgIpc) is 3.03. The van der Waals surface area contributed by atoms with Gasteiger partial charge in [-0.05, 0) is 53.9 Å². The number of halogens is 1. The highest BCUT2D eigenvalue weighted by Crippen LogP contribution is 2.25. The number of sulfonamides is 1. The molecule has 1 atom stereocenters. The van der Waals surface area contributed by atoms with Crippen LogP contribution >= 0.6 is 0 Å². The molecule has 7 nitrogen and oxygen atoms in total. The molecule has 0 aliphatic heterocycles. The van der Waals surface area contributed by atoms with E-state index in [0.717, 1.165) is 22.7 Å². The quantitative estimate of drug-likeness (QED) is 0.191. The Bertz CT molecular complexity index is 1570. The van der Waals surface area contributed by atoms with Gasteiger partial charge in [0.25, 0.3) is 10.0 Å². The number of hydrogen-bond acceptors (Lipinski definition) is 4. The Morgan fingerprint density at radius 3 is 1.98 bits per heavy atom. The van der Waals surface area contributed by atoms with E-state index in [1.54, 1.807) is 60.7 Å². The maximum absolute atomic E-state index is 14.3. The number of hydrogen-bond donors (Lipinski definition) is 1. The van der Waals surface area contributed by atoms with Crippen LogP contribution in [0.25, 0.3) is 0 Å². The number of carbonyl (C=O) groups excluding carboxylic acids is 2. The zero-order valence-corrected chi connectivity index (χ0v) is 24.9. The normalized spacial score (nSPS) is 11.9. The third-order valence-electron chi connectivity index (χ3n) is 7.02. The van der Waals surface area contributed by atoms with Gasteiger partial charge in [0.15, 0.2) is 0 Å². The van der Waals surface area contributed by atoms with Crippen LogP contribution < -0.4 is 9.62 Å². The van der Waals surface area contributed by atoms with E-state index >= 15 is 0 Å². The second-order valence-corrected chi connectivity index (χ2v) is 12.0. The topological polar surface area (TPSA) is 86.8 Å². The second kappa shape index (κ2) is 15.1. The number of nitrogens with zero attached hydrogens (tertiary/aromatic N) is 2. The molecule has 0 unspecified atom stereocenters. The van der Waals surface area contributed by atoms with Crippen LogP contribution in [-0.4, -0.2) is 44.3 Å². The number of amides is 2. The van der Waals surface area contributed by atoms with E-state index in [0.29, 0.717) is 17.8 Å². The predicted molar refractivity (Wildman–Crippen MR) is 166 cm³/mol. The highest BCUT2D eigenvalue weighted by Gasteiger charge is 2.34. The maximum atomic E-state index is 14.3. The Morgan fingerprint density at radius 2 is 1.37 bits per heavy atom. The number of nitrogens with one attached hydrogen (secondary N) is 1. The van der Waals surface area contributed by atoms with Crippen molar-refractivity contribution in [2.75, 3.05) is 17.4 Å². The van der Waals surface area contributed by atoms with E-state index < -0.39 is 34.3 Å². The van der Waals surface area contributed by atoms with Gasteiger partial charge in [0.2, 0.25) is 11.8 Å². The Kier molecular flexibility index (Phi) is 11.0. The molecule has 2 amide bonds. The van der Waals surface area contributed by atoms with Crippen molar-refractivity contribution in [1.82, 2.24) is 10.2 Å². The van der Waals surface area contributed by atoms with Crippen molar-refractivity contribution >= 4 is 27.5 Å². The lowest BCUT2D eigenvalue weighted by atomic mass is 10.0. The number of para-hydroxylation sites is 1. The minimum Gasteiger partial charge on any atom is -0.354 e. The Morgan fingerprint density at radius 1 is 0.791 bits per heavy atom. The van der Waals surface area contributed by atoms with E-state index in [1.807, 2.05) is 37.3 Å². The monoisotopic (exact) mass is 601 g/mol. The molecule has 4 rings (SSSR count). The van der Waals surface area contributed by atoms with Gasteiger partial charge in [0.1, 0.15) is 18.4 Å². The van der Waals surface area contributed by atoms with Crippen molar-refractivity contribution in [2.24, 2.45) is 0 Å². The van der Waals surface area contributed by atoms with Crippen LogP contribution in [0.15, 0.2) is 120 Å². The van der Waals surface area contributed by atoms with Crippen LogP contribution in [0.5, 0.6) is 0 Å². The smallest absolute Gasteiger partial charge is 0.264 e. The summed E-state index contributed by atoms with van der Waals surface area (Å²) in [7, 11) is -4.15. The van der Waals surface area contributed by atoms with Crippen molar-refractivity contribution in [2.45, 2.75) is 43.7 Å². The minimum atomic E-state index is -4.15. The zero-order valence-electron chi connectivity index (χ0n) is 24.1. The minimum absolute atomic E-state index is 0.0220. The summed E-state index contributed by atoms with van der Waals surface area (Å²) in [6, 6.07) is 30.4. The van der Waals surface area contributed by atoms with Gasteiger partial charge in [0, 0.05) is 19.5 Å². The molecule has 0 spiro atoms. The molecule has 0 saturated heterocycles. The van der Waals surface area contributed by atoms with Crippen LogP contribution in [-0.2, 0) is 32.6 Å². The van der Waals surface area contributed by atoms with Crippen molar-refractivity contribution in [1.29, 1.82) is 0 Å². The lowest BCUT2D eigenvalue weighted by Gasteiger charge is -2.34. The fourth-order valence-corrected chi connectivity index (χ4v) is 6.12. The summed E-state index contributed by atoms with van der Waals surface area (Å²) >= 11 is 0. The summed E-state index contributed by atoms with van der Waals surface area (Å²) in [6.07, 6.45) is 1.86. The van der Waals surface area contributed by atoms with Gasteiger partial charge in [-0.2, -0.15) is 0 Å². The molecule has 224 valence electrons. The van der Waals surface area contributed by atoms with Gasteiger partial charge in [-0.15, -0.1) is 0 Å². The first-order valence-corrected chi connectivity index (χ1v) is 15.7. The molecule has 1 N–H and O–H groups in total. The van der Waals surface area contributed by atoms with Gasteiger partial charge in [-0.25, -0.2) is 12.8 Å². The lowest BCUT2D eigenvalue weighted by molar-refractivity contribution is -0.140. The van der Waals surface area contributed by atoms with Crippen LogP contribution in [0.2, 0.25) is 0 Å². The highest BCUT2D eigenvalue weighted by molar-refractivity contribution is 7.92. The molecule has 43 heavy (non-hydrogen) atoms. The Labute approximate surface area is 253 Å². The number of benzene rings is 4. The first kappa shape index (κ1) is 31.4. The maximum Gasteiger partial charge on any atom is 0.264 e. The van der Waals surface area contributed by atoms with Crippen molar-refractivity contribution < 1.29 is 22.4 Å². The van der Waals surface area contributed by atoms with Gasteiger partial charge < -0.3 is 10.2 Å². The number of anilines is 1. The molecule has 0 aliphatic carbocycles. The molecule has 0 aromatic heterocycles. The first-order chi connectivity index (χ1) is 20.8.